The molecule has 29 heavy (non-hydrogen) atoms. The molecule has 0 aliphatic carbocycles. The van der Waals surface area contributed by atoms with Crippen LogP contribution < -0.4 is 5.73 Å². The van der Waals surface area contributed by atoms with Crippen LogP contribution in [-0.4, -0.2) is 47.2 Å². The molecule has 4 rings (SSSR count). The van der Waals surface area contributed by atoms with Gasteiger partial charge in [0.2, 0.25) is 0 Å². The topological polar surface area (TPSA) is 77.2 Å². The minimum absolute atomic E-state index is 0.472. The van der Waals surface area contributed by atoms with E-state index in [1.54, 1.807) is 6.20 Å². The summed E-state index contributed by atoms with van der Waals surface area (Å²) in [6, 6.07) is 10.7. The van der Waals surface area contributed by atoms with Gasteiger partial charge in [0.25, 0.3) is 0 Å². The van der Waals surface area contributed by atoms with Gasteiger partial charge in [-0.15, -0.1) is 0 Å². The van der Waals surface area contributed by atoms with E-state index in [1.165, 1.54) is 17.5 Å². The van der Waals surface area contributed by atoms with E-state index in [0.717, 1.165) is 55.0 Å². The predicted molar refractivity (Wildman–Crippen MR) is 115 cm³/mol. The maximum atomic E-state index is 6.13. The minimum atomic E-state index is 0.472. The normalized spacial score (nSPS) is 15.0. The van der Waals surface area contributed by atoms with Gasteiger partial charge in [0, 0.05) is 43.3 Å². The second-order valence-corrected chi connectivity index (χ2v) is 7.79. The first-order valence-corrected chi connectivity index (χ1v) is 9.99. The van der Waals surface area contributed by atoms with Crippen LogP contribution in [0, 0.1) is 0 Å². The van der Waals surface area contributed by atoms with Crippen LogP contribution in [0.25, 0.3) is 22.4 Å². The Bertz CT molecular complexity index is 968. The first-order valence-electron chi connectivity index (χ1n) is 9.99. The van der Waals surface area contributed by atoms with Crippen LogP contribution in [0.4, 0.5) is 5.82 Å². The highest BCUT2D eigenvalue weighted by atomic mass is 16.5. The highest BCUT2D eigenvalue weighted by Crippen LogP contribution is 2.34. The van der Waals surface area contributed by atoms with E-state index in [0.29, 0.717) is 11.7 Å². The van der Waals surface area contributed by atoms with Crippen molar-refractivity contribution in [2.24, 2.45) is 0 Å². The zero-order valence-corrected chi connectivity index (χ0v) is 17.0. The Kier molecular flexibility index (Phi) is 5.83. The third-order valence-electron chi connectivity index (χ3n) is 5.40. The van der Waals surface area contributed by atoms with Crippen molar-refractivity contribution in [1.82, 2.24) is 19.9 Å². The number of nitrogens with two attached hydrogens (primary N) is 1. The number of nitrogen functional groups attached to an aromatic ring is 1. The number of anilines is 1. The van der Waals surface area contributed by atoms with Gasteiger partial charge in [-0.25, -0.2) is 15.0 Å². The van der Waals surface area contributed by atoms with Gasteiger partial charge in [-0.05, 0) is 67.7 Å². The predicted octanol–water partition coefficient (Wildman–Crippen LogP) is 3.74. The van der Waals surface area contributed by atoms with E-state index >= 15 is 0 Å². The van der Waals surface area contributed by atoms with Crippen molar-refractivity contribution in [3.05, 3.63) is 60.2 Å². The molecule has 1 aromatic carbocycles. The zero-order chi connectivity index (χ0) is 20.2. The minimum Gasteiger partial charge on any atom is -0.383 e. The van der Waals surface area contributed by atoms with E-state index in [9.17, 15) is 0 Å². The lowest BCUT2D eigenvalue weighted by Gasteiger charge is -2.26. The van der Waals surface area contributed by atoms with Gasteiger partial charge in [-0.1, -0.05) is 12.1 Å². The van der Waals surface area contributed by atoms with E-state index < -0.39 is 0 Å². The van der Waals surface area contributed by atoms with Crippen LogP contribution in [0.15, 0.2) is 49.1 Å². The molecule has 0 radical (unpaired) electrons. The molecule has 1 fully saturated rings. The number of benzene rings is 1. The van der Waals surface area contributed by atoms with Crippen LogP contribution in [0.3, 0.4) is 0 Å². The number of rotatable bonds is 5. The molecule has 6 heteroatoms. The first-order chi connectivity index (χ1) is 14.1. The summed E-state index contributed by atoms with van der Waals surface area (Å²) in [6.45, 7) is 2.59. The molecule has 0 spiro atoms. The maximum Gasteiger partial charge on any atom is 0.132 e. The van der Waals surface area contributed by atoms with Crippen molar-refractivity contribution in [2.45, 2.75) is 25.3 Å². The molecule has 3 heterocycles. The summed E-state index contributed by atoms with van der Waals surface area (Å²) in [7, 11) is 4.22. The standard InChI is InChI=1S/C23H27N5O/c1-28(2)14-19-11-17(3-4-20(19)16-6-9-29-10-7-16)18-12-21(23(24)26-13-18)22-5-8-25-15-27-22/h3-5,8,11-13,15-16H,6-7,9-10,14H2,1-2H3,(H2,24,26). The zero-order valence-electron chi connectivity index (χ0n) is 17.0. The molecule has 150 valence electrons. The van der Waals surface area contributed by atoms with Crippen LogP contribution in [0.1, 0.15) is 29.9 Å². The van der Waals surface area contributed by atoms with Crippen LogP contribution in [-0.2, 0) is 11.3 Å². The summed E-state index contributed by atoms with van der Waals surface area (Å²) in [5, 5.41) is 0. The Hall–Kier alpha value is -2.83. The first kappa shape index (κ1) is 19.5. The largest absolute Gasteiger partial charge is 0.383 e. The molecule has 1 aliphatic rings. The van der Waals surface area contributed by atoms with Gasteiger partial charge in [-0.3, -0.25) is 0 Å². The van der Waals surface area contributed by atoms with Crippen molar-refractivity contribution in [1.29, 1.82) is 0 Å². The molecule has 1 saturated heterocycles. The molecule has 6 nitrogen and oxygen atoms in total. The molecule has 2 N–H and O–H groups in total. The number of nitrogens with zero attached hydrogens (tertiary/aromatic N) is 4. The summed E-state index contributed by atoms with van der Waals surface area (Å²) >= 11 is 0. The molecule has 1 aliphatic heterocycles. The quantitative estimate of drug-likeness (QED) is 0.716. The van der Waals surface area contributed by atoms with Crippen molar-refractivity contribution in [3.63, 3.8) is 0 Å². The summed E-state index contributed by atoms with van der Waals surface area (Å²) in [6.07, 6.45) is 7.25. The van der Waals surface area contributed by atoms with Crippen molar-refractivity contribution < 1.29 is 4.74 Å². The fourth-order valence-corrected chi connectivity index (χ4v) is 3.96. The maximum absolute atomic E-state index is 6.13. The van der Waals surface area contributed by atoms with Gasteiger partial charge < -0.3 is 15.4 Å². The molecule has 0 unspecified atom stereocenters. The van der Waals surface area contributed by atoms with Gasteiger partial charge >= 0.3 is 0 Å². The molecule has 0 bridgehead atoms. The summed E-state index contributed by atoms with van der Waals surface area (Å²) in [5.74, 6) is 1.04. The summed E-state index contributed by atoms with van der Waals surface area (Å²) in [5.41, 5.74) is 12.7. The van der Waals surface area contributed by atoms with Gasteiger partial charge in [0.1, 0.15) is 12.1 Å². The van der Waals surface area contributed by atoms with E-state index in [4.69, 9.17) is 10.5 Å². The highest BCUT2D eigenvalue weighted by Gasteiger charge is 2.20. The Balaban J connectivity index is 1.73. The fraction of sp³-hybridized carbons (Fsp3) is 0.348. The SMILES string of the molecule is CN(C)Cc1cc(-c2cnc(N)c(-c3ccncn3)c2)ccc1C1CCOCC1. The Morgan fingerprint density at radius 3 is 2.62 bits per heavy atom. The van der Waals surface area contributed by atoms with Crippen molar-refractivity contribution in [2.75, 3.05) is 33.0 Å². The number of hydrogen-bond acceptors (Lipinski definition) is 6. The lowest BCUT2D eigenvalue weighted by Crippen LogP contribution is -2.18. The number of hydrogen-bond donors (Lipinski definition) is 1. The van der Waals surface area contributed by atoms with Gasteiger partial charge in [-0.2, -0.15) is 0 Å². The van der Waals surface area contributed by atoms with E-state index in [-0.39, 0.29) is 0 Å². The van der Waals surface area contributed by atoms with Crippen molar-refractivity contribution >= 4 is 5.82 Å². The van der Waals surface area contributed by atoms with Gasteiger partial charge in [0.15, 0.2) is 0 Å². The average molecular weight is 390 g/mol. The number of pyridine rings is 1. The monoisotopic (exact) mass is 389 g/mol. The lowest BCUT2D eigenvalue weighted by atomic mass is 9.86. The smallest absolute Gasteiger partial charge is 0.132 e. The van der Waals surface area contributed by atoms with E-state index in [1.807, 2.05) is 12.3 Å². The van der Waals surface area contributed by atoms with Crippen molar-refractivity contribution in [3.8, 4) is 22.4 Å². The second-order valence-electron chi connectivity index (χ2n) is 7.79. The lowest BCUT2D eigenvalue weighted by molar-refractivity contribution is 0.0850. The fourth-order valence-electron chi connectivity index (χ4n) is 3.96. The molecule has 0 saturated carbocycles. The second kappa shape index (κ2) is 8.68. The van der Waals surface area contributed by atoms with Crippen LogP contribution in [0.2, 0.25) is 0 Å². The van der Waals surface area contributed by atoms with Gasteiger partial charge in [0.05, 0.1) is 5.69 Å². The Labute approximate surface area is 171 Å². The number of aromatic nitrogens is 3. The molecule has 2 aromatic heterocycles. The average Bonchev–Trinajstić information content (AvgIpc) is 2.75. The Morgan fingerprint density at radius 1 is 1.07 bits per heavy atom. The summed E-state index contributed by atoms with van der Waals surface area (Å²) < 4.78 is 5.56. The van der Waals surface area contributed by atoms with Crippen LogP contribution >= 0.6 is 0 Å². The van der Waals surface area contributed by atoms with E-state index in [2.05, 4.69) is 58.2 Å². The third kappa shape index (κ3) is 4.44. The highest BCUT2D eigenvalue weighted by molar-refractivity contribution is 5.77. The molecule has 0 amide bonds. The molecule has 3 aromatic rings. The third-order valence-corrected chi connectivity index (χ3v) is 5.40. The molecular weight excluding hydrogens is 362 g/mol. The van der Waals surface area contributed by atoms with Crippen LogP contribution in [0.5, 0.6) is 0 Å². The Morgan fingerprint density at radius 2 is 1.90 bits per heavy atom. The molecular formula is C23H27N5O. The molecule has 0 atom stereocenters. The number of ether oxygens (including phenoxy) is 1. The summed E-state index contributed by atoms with van der Waals surface area (Å²) in [4.78, 5) is 15.0.